The number of benzene rings is 1. The molecule has 0 amide bonds. The molecule has 3 atom stereocenters. The molecule has 21 heavy (non-hydrogen) atoms. The maximum atomic E-state index is 12.8. The van der Waals surface area contributed by atoms with Crippen molar-refractivity contribution in [3.63, 3.8) is 0 Å². The van der Waals surface area contributed by atoms with Gasteiger partial charge in [-0.25, -0.2) is 0 Å². The first-order valence-corrected chi connectivity index (χ1v) is 7.11. The average molecular weight is 303 g/mol. The van der Waals surface area contributed by atoms with Gasteiger partial charge in [0.1, 0.15) is 11.5 Å². The fourth-order valence-corrected chi connectivity index (χ4v) is 2.96. The Labute approximate surface area is 121 Å². The van der Waals surface area contributed by atoms with E-state index >= 15 is 0 Å². The van der Waals surface area contributed by atoms with E-state index in [1.54, 1.807) is 0 Å². The van der Waals surface area contributed by atoms with Crippen LogP contribution in [0.1, 0.15) is 44.2 Å². The Morgan fingerprint density at radius 1 is 1.14 bits per heavy atom. The van der Waals surface area contributed by atoms with Crippen molar-refractivity contribution in [2.24, 2.45) is 5.92 Å². The number of nitrogens with one attached hydrogen (secondary N) is 1. The minimum Gasteiger partial charge on any atom is -0.508 e. The van der Waals surface area contributed by atoms with Crippen molar-refractivity contribution in [3.8, 4) is 11.5 Å². The van der Waals surface area contributed by atoms with Crippen molar-refractivity contribution in [2.75, 3.05) is 0 Å². The van der Waals surface area contributed by atoms with Gasteiger partial charge in [0.25, 0.3) is 0 Å². The smallest absolute Gasteiger partial charge is 0.391 e. The van der Waals surface area contributed by atoms with Crippen LogP contribution < -0.4 is 5.32 Å². The summed E-state index contributed by atoms with van der Waals surface area (Å²) < 4.78 is 38.4. The van der Waals surface area contributed by atoms with E-state index in [4.69, 9.17) is 0 Å². The lowest BCUT2D eigenvalue weighted by atomic mass is 9.84. The molecule has 1 aromatic carbocycles. The molecule has 2 rings (SSSR count). The third kappa shape index (κ3) is 4.27. The number of halogens is 3. The van der Waals surface area contributed by atoms with E-state index in [1.165, 1.54) is 18.2 Å². The SMILES string of the molecule is CC(NC1CCCC(C(F)(F)F)C1)c1cc(O)cc(O)c1. The molecule has 0 aromatic heterocycles. The Hall–Kier alpha value is -1.43. The van der Waals surface area contributed by atoms with Crippen molar-refractivity contribution in [2.45, 2.75) is 50.9 Å². The molecular weight excluding hydrogens is 283 g/mol. The Balaban J connectivity index is 2.00. The standard InChI is InChI=1S/C15H20F3NO2/c1-9(10-5-13(20)8-14(21)6-10)19-12-4-2-3-11(7-12)15(16,17)18/h5-6,8-9,11-12,19-21H,2-4,7H2,1H3. The highest BCUT2D eigenvalue weighted by Crippen LogP contribution is 2.38. The highest BCUT2D eigenvalue weighted by Gasteiger charge is 2.42. The number of phenols is 2. The molecule has 6 heteroatoms. The van der Waals surface area contributed by atoms with Crippen LogP contribution in [0.2, 0.25) is 0 Å². The first-order valence-electron chi connectivity index (χ1n) is 7.11. The predicted octanol–water partition coefficient (Wildman–Crippen LogP) is 3.87. The summed E-state index contributed by atoms with van der Waals surface area (Å²) in [4.78, 5) is 0. The molecule has 0 spiro atoms. The Kier molecular flexibility index (Phi) is 4.66. The second kappa shape index (κ2) is 6.13. The molecule has 1 fully saturated rings. The lowest BCUT2D eigenvalue weighted by molar-refractivity contribution is -0.183. The normalized spacial score (nSPS) is 24.8. The second-order valence-electron chi connectivity index (χ2n) is 5.77. The van der Waals surface area contributed by atoms with Crippen molar-refractivity contribution >= 4 is 0 Å². The molecule has 1 aromatic rings. The van der Waals surface area contributed by atoms with Gasteiger partial charge in [0.15, 0.2) is 0 Å². The van der Waals surface area contributed by atoms with E-state index in [9.17, 15) is 23.4 Å². The molecule has 3 unspecified atom stereocenters. The summed E-state index contributed by atoms with van der Waals surface area (Å²) in [5.74, 6) is -1.36. The summed E-state index contributed by atoms with van der Waals surface area (Å²) in [5.41, 5.74) is 0.654. The Bertz CT molecular complexity index is 470. The van der Waals surface area contributed by atoms with Crippen molar-refractivity contribution < 1.29 is 23.4 Å². The molecule has 1 aliphatic rings. The summed E-state index contributed by atoms with van der Waals surface area (Å²) in [6, 6.07) is 3.78. The van der Waals surface area contributed by atoms with Gasteiger partial charge < -0.3 is 15.5 Å². The molecule has 3 N–H and O–H groups in total. The van der Waals surface area contributed by atoms with Gasteiger partial charge in [0, 0.05) is 18.2 Å². The van der Waals surface area contributed by atoms with Crippen LogP contribution in [-0.2, 0) is 0 Å². The highest BCUT2D eigenvalue weighted by molar-refractivity contribution is 5.37. The average Bonchev–Trinajstić information content (AvgIpc) is 2.37. The summed E-state index contributed by atoms with van der Waals surface area (Å²) in [5, 5.41) is 22.1. The highest BCUT2D eigenvalue weighted by atomic mass is 19.4. The third-order valence-corrected chi connectivity index (χ3v) is 4.05. The molecule has 0 radical (unpaired) electrons. The molecular formula is C15H20F3NO2. The predicted molar refractivity (Wildman–Crippen MR) is 73.1 cm³/mol. The first kappa shape index (κ1) is 15.9. The first-order chi connectivity index (χ1) is 9.75. The summed E-state index contributed by atoms with van der Waals surface area (Å²) in [7, 11) is 0. The van der Waals surface area contributed by atoms with Gasteiger partial charge in [-0.1, -0.05) is 6.42 Å². The Morgan fingerprint density at radius 2 is 1.76 bits per heavy atom. The molecule has 0 bridgehead atoms. The van der Waals surface area contributed by atoms with Crippen LogP contribution >= 0.6 is 0 Å². The van der Waals surface area contributed by atoms with Crippen LogP contribution in [0.3, 0.4) is 0 Å². The maximum Gasteiger partial charge on any atom is 0.391 e. The lowest BCUT2D eigenvalue weighted by Gasteiger charge is -2.33. The van der Waals surface area contributed by atoms with Crippen molar-refractivity contribution in [3.05, 3.63) is 23.8 Å². The largest absolute Gasteiger partial charge is 0.508 e. The number of aromatic hydroxyl groups is 2. The van der Waals surface area contributed by atoms with E-state index in [2.05, 4.69) is 5.32 Å². The summed E-state index contributed by atoms with van der Waals surface area (Å²) in [6.45, 7) is 1.81. The molecule has 0 aliphatic heterocycles. The molecule has 0 heterocycles. The van der Waals surface area contributed by atoms with Crippen LogP contribution in [0.4, 0.5) is 13.2 Å². The lowest BCUT2D eigenvalue weighted by Crippen LogP contribution is -2.39. The van der Waals surface area contributed by atoms with Crippen LogP contribution in [0.25, 0.3) is 0 Å². The molecule has 118 valence electrons. The van der Waals surface area contributed by atoms with Gasteiger partial charge in [-0.2, -0.15) is 13.2 Å². The number of rotatable bonds is 3. The van der Waals surface area contributed by atoms with Gasteiger partial charge in [-0.05, 0) is 43.9 Å². The molecule has 1 aliphatic carbocycles. The van der Waals surface area contributed by atoms with E-state index in [-0.39, 0.29) is 36.4 Å². The van der Waals surface area contributed by atoms with E-state index in [0.717, 1.165) is 0 Å². The molecule has 0 saturated heterocycles. The topological polar surface area (TPSA) is 52.5 Å². The zero-order valence-electron chi connectivity index (χ0n) is 11.8. The second-order valence-corrected chi connectivity index (χ2v) is 5.77. The molecule has 3 nitrogen and oxygen atoms in total. The van der Waals surface area contributed by atoms with Crippen LogP contribution in [0, 0.1) is 5.92 Å². The zero-order valence-corrected chi connectivity index (χ0v) is 11.8. The number of alkyl halides is 3. The number of hydrogen-bond acceptors (Lipinski definition) is 3. The van der Waals surface area contributed by atoms with E-state index in [0.29, 0.717) is 18.4 Å². The van der Waals surface area contributed by atoms with Gasteiger partial charge in [0.05, 0.1) is 5.92 Å². The zero-order chi connectivity index (χ0) is 15.6. The Morgan fingerprint density at radius 3 is 2.33 bits per heavy atom. The van der Waals surface area contributed by atoms with Gasteiger partial charge in [-0.15, -0.1) is 0 Å². The number of phenolic OH excluding ortho intramolecular Hbond substituents is 2. The quantitative estimate of drug-likeness (QED) is 0.794. The van der Waals surface area contributed by atoms with Crippen molar-refractivity contribution in [1.29, 1.82) is 0 Å². The van der Waals surface area contributed by atoms with Crippen LogP contribution in [0.5, 0.6) is 11.5 Å². The van der Waals surface area contributed by atoms with E-state index in [1.807, 2.05) is 6.92 Å². The monoisotopic (exact) mass is 303 g/mol. The van der Waals surface area contributed by atoms with Crippen LogP contribution in [0.15, 0.2) is 18.2 Å². The number of hydrogen-bond donors (Lipinski definition) is 3. The van der Waals surface area contributed by atoms with Crippen LogP contribution in [-0.4, -0.2) is 22.4 Å². The van der Waals surface area contributed by atoms with Gasteiger partial charge in [0.2, 0.25) is 0 Å². The maximum absolute atomic E-state index is 12.8. The minimum atomic E-state index is -4.13. The summed E-state index contributed by atoms with van der Waals surface area (Å²) in [6.07, 6.45) is -2.59. The fourth-order valence-electron chi connectivity index (χ4n) is 2.96. The minimum absolute atomic E-state index is 0.0598. The van der Waals surface area contributed by atoms with Crippen molar-refractivity contribution in [1.82, 2.24) is 5.32 Å². The fraction of sp³-hybridized carbons (Fsp3) is 0.600. The van der Waals surface area contributed by atoms with Gasteiger partial charge in [-0.3, -0.25) is 0 Å². The van der Waals surface area contributed by atoms with Gasteiger partial charge >= 0.3 is 6.18 Å². The van der Waals surface area contributed by atoms with E-state index < -0.39 is 12.1 Å². The summed E-state index contributed by atoms with van der Waals surface area (Å²) >= 11 is 0. The third-order valence-electron chi connectivity index (χ3n) is 4.05. The molecule has 1 saturated carbocycles.